The smallest absolute Gasteiger partial charge is 0.222 e. The fraction of sp³-hybridized carbons (Fsp3) is 0.474. The molecule has 3 rings (SSSR count). The molecule has 134 valence electrons. The van der Waals surface area contributed by atoms with Gasteiger partial charge in [0, 0.05) is 18.5 Å². The maximum absolute atomic E-state index is 5.98. The number of aromatic nitrogens is 2. The minimum Gasteiger partial charge on any atom is -0.368 e. The Bertz CT molecular complexity index is 686. The van der Waals surface area contributed by atoms with Crippen molar-refractivity contribution in [2.45, 2.75) is 25.3 Å². The predicted octanol–water partition coefficient (Wildman–Crippen LogP) is 1.85. The van der Waals surface area contributed by atoms with Gasteiger partial charge in [0.05, 0.1) is 11.7 Å². The highest BCUT2D eigenvalue weighted by Crippen LogP contribution is 2.27. The first-order valence-corrected chi connectivity index (χ1v) is 8.95. The molecular weight excluding hydrogens is 312 g/mol. The number of fused-ring (bicyclic) bond motifs is 1. The Morgan fingerprint density at radius 1 is 1.16 bits per heavy atom. The van der Waals surface area contributed by atoms with Gasteiger partial charge in [0.1, 0.15) is 5.82 Å². The zero-order valence-electron chi connectivity index (χ0n) is 15.1. The van der Waals surface area contributed by atoms with Crippen LogP contribution in [0.3, 0.4) is 0 Å². The van der Waals surface area contributed by atoms with Crippen LogP contribution in [-0.4, -0.2) is 48.6 Å². The van der Waals surface area contributed by atoms with Crippen molar-refractivity contribution in [2.24, 2.45) is 0 Å². The lowest BCUT2D eigenvalue weighted by Crippen LogP contribution is -2.22. The summed E-state index contributed by atoms with van der Waals surface area (Å²) < 4.78 is 0. The van der Waals surface area contributed by atoms with Crippen molar-refractivity contribution < 1.29 is 0 Å². The third-order valence-corrected chi connectivity index (χ3v) is 4.58. The van der Waals surface area contributed by atoms with Crippen molar-refractivity contribution in [3.63, 3.8) is 0 Å². The number of hydrogen-bond donors (Lipinski definition) is 3. The Morgan fingerprint density at radius 2 is 1.92 bits per heavy atom. The molecule has 6 heteroatoms. The van der Waals surface area contributed by atoms with Crippen LogP contribution in [0, 0.1) is 0 Å². The molecule has 6 nitrogen and oxygen atoms in total. The van der Waals surface area contributed by atoms with Gasteiger partial charge in [0.2, 0.25) is 5.95 Å². The normalized spacial score (nSPS) is 15.5. The largest absolute Gasteiger partial charge is 0.368 e. The Kier molecular flexibility index (Phi) is 5.83. The fourth-order valence-electron chi connectivity index (χ4n) is 3.24. The standard InChI is InChI=1S/C19H28N6/c1-25(2)13-10-16(14-6-4-3-5-7-14)22-18-15-8-11-21-12-9-17(15)23-19(20)24-18/h3-7,16,21H,8-13H2,1-2H3,(H3,20,22,23,24). The number of benzene rings is 1. The van der Waals surface area contributed by atoms with Crippen molar-refractivity contribution in [2.75, 3.05) is 44.8 Å². The lowest BCUT2D eigenvalue weighted by molar-refractivity contribution is 0.387. The van der Waals surface area contributed by atoms with E-state index in [1.165, 1.54) is 11.1 Å². The van der Waals surface area contributed by atoms with E-state index in [0.717, 1.165) is 50.4 Å². The van der Waals surface area contributed by atoms with Crippen LogP contribution in [0.5, 0.6) is 0 Å². The summed E-state index contributed by atoms with van der Waals surface area (Å²) in [5, 5.41) is 7.08. The van der Waals surface area contributed by atoms with Crippen LogP contribution in [-0.2, 0) is 12.8 Å². The third-order valence-electron chi connectivity index (χ3n) is 4.58. The minimum atomic E-state index is 0.193. The molecule has 1 aromatic carbocycles. The monoisotopic (exact) mass is 340 g/mol. The minimum absolute atomic E-state index is 0.193. The Morgan fingerprint density at radius 3 is 2.68 bits per heavy atom. The van der Waals surface area contributed by atoms with Gasteiger partial charge in [-0.15, -0.1) is 0 Å². The highest BCUT2D eigenvalue weighted by Gasteiger charge is 2.19. The lowest BCUT2D eigenvalue weighted by atomic mass is 10.0. The van der Waals surface area contributed by atoms with Gasteiger partial charge in [-0.25, -0.2) is 4.98 Å². The molecule has 1 unspecified atom stereocenters. The maximum Gasteiger partial charge on any atom is 0.222 e. The van der Waals surface area contributed by atoms with E-state index in [1.807, 2.05) is 6.07 Å². The predicted molar refractivity (Wildman–Crippen MR) is 103 cm³/mol. The van der Waals surface area contributed by atoms with Crippen LogP contribution >= 0.6 is 0 Å². The van der Waals surface area contributed by atoms with Crippen molar-refractivity contribution in [1.29, 1.82) is 0 Å². The van der Waals surface area contributed by atoms with Gasteiger partial charge in [-0.1, -0.05) is 30.3 Å². The van der Waals surface area contributed by atoms with E-state index in [1.54, 1.807) is 0 Å². The van der Waals surface area contributed by atoms with Gasteiger partial charge in [-0.05, 0) is 45.6 Å². The molecule has 0 bridgehead atoms. The van der Waals surface area contributed by atoms with Crippen LogP contribution in [0.15, 0.2) is 30.3 Å². The lowest BCUT2D eigenvalue weighted by Gasteiger charge is -2.23. The van der Waals surface area contributed by atoms with Crippen LogP contribution in [0.4, 0.5) is 11.8 Å². The quantitative estimate of drug-likeness (QED) is 0.745. The van der Waals surface area contributed by atoms with E-state index in [9.17, 15) is 0 Å². The van der Waals surface area contributed by atoms with E-state index in [2.05, 4.69) is 63.9 Å². The molecule has 1 aromatic heterocycles. The van der Waals surface area contributed by atoms with Gasteiger partial charge < -0.3 is 21.3 Å². The van der Waals surface area contributed by atoms with E-state index in [4.69, 9.17) is 5.73 Å². The summed E-state index contributed by atoms with van der Waals surface area (Å²) in [6.07, 6.45) is 2.81. The summed E-state index contributed by atoms with van der Waals surface area (Å²) in [6, 6.07) is 10.7. The highest BCUT2D eigenvalue weighted by molar-refractivity contribution is 5.52. The number of rotatable bonds is 6. The first kappa shape index (κ1) is 17.6. The molecular formula is C19H28N6. The summed E-state index contributed by atoms with van der Waals surface area (Å²) in [5.74, 6) is 1.24. The van der Waals surface area contributed by atoms with Gasteiger partial charge >= 0.3 is 0 Å². The van der Waals surface area contributed by atoms with Crippen LogP contribution < -0.4 is 16.4 Å². The summed E-state index contributed by atoms with van der Waals surface area (Å²) in [4.78, 5) is 11.2. The Hall–Kier alpha value is -2.18. The van der Waals surface area contributed by atoms with E-state index < -0.39 is 0 Å². The Balaban J connectivity index is 1.90. The molecule has 0 saturated heterocycles. The fourth-order valence-corrected chi connectivity index (χ4v) is 3.24. The van der Waals surface area contributed by atoms with Crippen molar-refractivity contribution in [3.05, 3.63) is 47.2 Å². The zero-order chi connectivity index (χ0) is 17.6. The molecule has 0 saturated carbocycles. The number of nitrogens with zero attached hydrogens (tertiary/aromatic N) is 3. The molecule has 1 aliphatic heterocycles. The molecule has 0 aliphatic carbocycles. The number of nitrogens with two attached hydrogens (primary N) is 1. The maximum atomic E-state index is 5.98. The second-order valence-electron chi connectivity index (χ2n) is 6.81. The average Bonchev–Trinajstić information content (AvgIpc) is 2.84. The number of nitrogens with one attached hydrogen (secondary N) is 2. The molecule has 0 radical (unpaired) electrons. The molecule has 4 N–H and O–H groups in total. The van der Waals surface area contributed by atoms with Crippen molar-refractivity contribution >= 4 is 11.8 Å². The first-order valence-electron chi connectivity index (χ1n) is 8.95. The Labute approximate surface area is 149 Å². The zero-order valence-corrected chi connectivity index (χ0v) is 15.1. The molecule has 25 heavy (non-hydrogen) atoms. The van der Waals surface area contributed by atoms with Crippen LogP contribution in [0.2, 0.25) is 0 Å². The van der Waals surface area contributed by atoms with Gasteiger partial charge in [0.15, 0.2) is 0 Å². The van der Waals surface area contributed by atoms with Crippen LogP contribution in [0.25, 0.3) is 0 Å². The average molecular weight is 340 g/mol. The topological polar surface area (TPSA) is 79.1 Å². The van der Waals surface area contributed by atoms with Gasteiger partial charge in [-0.2, -0.15) is 4.98 Å². The highest BCUT2D eigenvalue weighted by atomic mass is 15.1. The molecule has 0 fully saturated rings. The van der Waals surface area contributed by atoms with Crippen LogP contribution in [0.1, 0.15) is 29.3 Å². The summed E-state index contributed by atoms with van der Waals surface area (Å²) in [5.41, 5.74) is 9.51. The molecule has 2 aromatic rings. The number of nitrogen functional groups attached to an aromatic ring is 1. The van der Waals surface area contributed by atoms with Gasteiger partial charge in [0.25, 0.3) is 0 Å². The summed E-state index contributed by atoms with van der Waals surface area (Å²) >= 11 is 0. The second-order valence-corrected chi connectivity index (χ2v) is 6.81. The molecule has 1 atom stereocenters. The molecule has 0 spiro atoms. The number of anilines is 2. The van der Waals surface area contributed by atoms with Crippen molar-refractivity contribution in [1.82, 2.24) is 20.2 Å². The molecule has 0 amide bonds. The molecule has 1 aliphatic rings. The number of hydrogen-bond acceptors (Lipinski definition) is 6. The first-order chi connectivity index (χ1) is 12.1. The van der Waals surface area contributed by atoms with E-state index in [0.29, 0.717) is 5.95 Å². The summed E-state index contributed by atoms with van der Waals surface area (Å²) in [7, 11) is 4.20. The second kappa shape index (κ2) is 8.27. The third kappa shape index (κ3) is 4.67. The SMILES string of the molecule is CN(C)CCC(Nc1nc(N)nc2c1CCNCC2)c1ccccc1. The van der Waals surface area contributed by atoms with Gasteiger partial charge in [-0.3, -0.25) is 0 Å². The summed E-state index contributed by atoms with van der Waals surface area (Å²) in [6.45, 7) is 2.88. The molecule has 2 heterocycles. The van der Waals surface area contributed by atoms with Crippen molar-refractivity contribution in [3.8, 4) is 0 Å². The van der Waals surface area contributed by atoms with E-state index >= 15 is 0 Å². The van der Waals surface area contributed by atoms with E-state index in [-0.39, 0.29) is 6.04 Å².